The van der Waals surface area contributed by atoms with Gasteiger partial charge in [-0.3, -0.25) is 0 Å². The molecular formula is C21H34O11. The summed E-state index contributed by atoms with van der Waals surface area (Å²) >= 11 is 0. The Morgan fingerprint density at radius 2 is 1.66 bits per heavy atom. The predicted molar refractivity (Wildman–Crippen MR) is 107 cm³/mol. The molecule has 2 fully saturated rings. The number of hydrogen-bond donors (Lipinski definition) is 6. The van der Waals surface area contributed by atoms with Crippen LogP contribution in [0.4, 0.5) is 0 Å². The van der Waals surface area contributed by atoms with Crippen LogP contribution in [0, 0.1) is 5.41 Å². The Bertz CT molecular complexity index is 708. The van der Waals surface area contributed by atoms with E-state index >= 15 is 0 Å². The minimum Gasteiger partial charge on any atom is -0.429 e. The van der Waals surface area contributed by atoms with Gasteiger partial charge in [-0.05, 0) is 31.6 Å². The van der Waals surface area contributed by atoms with Crippen molar-refractivity contribution < 1.29 is 54.4 Å². The van der Waals surface area contributed by atoms with Gasteiger partial charge in [-0.1, -0.05) is 19.4 Å². The van der Waals surface area contributed by atoms with Crippen LogP contribution in [0.2, 0.25) is 0 Å². The molecule has 32 heavy (non-hydrogen) atoms. The fourth-order valence-corrected chi connectivity index (χ4v) is 4.51. The molecule has 0 aromatic heterocycles. The van der Waals surface area contributed by atoms with Crippen molar-refractivity contribution in [1.29, 1.82) is 0 Å². The molecule has 11 nitrogen and oxygen atoms in total. The van der Waals surface area contributed by atoms with Gasteiger partial charge in [0.15, 0.2) is 6.29 Å². The Hall–Kier alpha value is -1.15. The molecule has 0 spiro atoms. The highest BCUT2D eigenvalue weighted by atomic mass is 16.7. The second kappa shape index (κ2) is 10.00. The van der Waals surface area contributed by atoms with Crippen molar-refractivity contribution in [3.63, 3.8) is 0 Å². The van der Waals surface area contributed by atoms with E-state index in [1.54, 1.807) is 0 Å². The van der Waals surface area contributed by atoms with E-state index in [1.165, 1.54) is 0 Å². The predicted octanol–water partition coefficient (Wildman–Crippen LogP) is -1.68. The van der Waals surface area contributed by atoms with Crippen LogP contribution in [0.1, 0.15) is 40.0 Å². The van der Waals surface area contributed by atoms with E-state index in [2.05, 4.69) is 0 Å². The van der Waals surface area contributed by atoms with Crippen molar-refractivity contribution in [2.24, 2.45) is 5.41 Å². The van der Waals surface area contributed by atoms with E-state index in [0.29, 0.717) is 5.57 Å². The largest absolute Gasteiger partial charge is 0.429 e. The fourth-order valence-electron chi connectivity index (χ4n) is 4.51. The third-order valence-corrected chi connectivity index (χ3v) is 6.43. The van der Waals surface area contributed by atoms with Crippen molar-refractivity contribution in [3.05, 3.63) is 11.1 Å². The normalized spacial score (nSPS) is 42.6. The zero-order chi connectivity index (χ0) is 23.8. The molecule has 6 N–H and O–H groups in total. The first-order valence-corrected chi connectivity index (χ1v) is 10.8. The number of aliphatic hydroxyl groups is 6. The van der Waals surface area contributed by atoms with Crippen LogP contribution in [0.3, 0.4) is 0 Å². The number of ether oxygens (including phenoxy) is 4. The monoisotopic (exact) mass is 462 g/mol. The van der Waals surface area contributed by atoms with E-state index in [9.17, 15) is 35.4 Å². The number of carbonyl (C=O) groups excluding carboxylic acids is 1. The van der Waals surface area contributed by atoms with Gasteiger partial charge in [-0.25, -0.2) is 4.79 Å². The lowest BCUT2D eigenvalue weighted by Crippen LogP contribution is -2.60. The maximum absolute atomic E-state index is 12.9. The van der Waals surface area contributed by atoms with Gasteiger partial charge in [0.2, 0.25) is 6.29 Å². The van der Waals surface area contributed by atoms with Crippen LogP contribution in [0.15, 0.2) is 11.1 Å². The summed E-state index contributed by atoms with van der Waals surface area (Å²) in [5.41, 5.74) is 0.972. The Kier molecular flexibility index (Phi) is 7.96. The third kappa shape index (κ3) is 5.16. The number of rotatable bonds is 5. The molecule has 9 atom stereocenters. The Labute approximate surface area is 186 Å². The smallest absolute Gasteiger partial charge is 0.336 e. The molecule has 0 aromatic carbocycles. The molecule has 2 saturated heterocycles. The maximum atomic E-state index is 12.9. The lowest BCUT2D eigenvalue weighted by molar-refractivity contribution is -0.314. The van der Waals surface area contributed by atoms with Gasteiger partial charge < -0.3 is 49.6 Å². The molecule has 0 unspecified atom stereocenters. The molecule has 0 radical (unpaired) electrons. The van der Waals surface area contributed by atoms with E-state index in [4.69, 9.17) is 18.9 Å². The molecule has 0 bridgehead atoms. The third-order valence-electron chi connectivity index (χ3n) is 6.43. The highest BCUT2D eigenvalue weighted by Crippen LogP contribution is 2.41. The van der Waals surface area contributed by atoms with Crippen LogP contribution in [0.5, 0.6) is 0 Å². The van der Waals surface area contributed by atoms with Crippen molar-refractivity contribution >= 4 is 5.97 Å². The van der Waals surface area contributed by atoms with Crippen molar-refractivity contribution in [1.82, 2.24) is 0 Å². The van der Waals surface area contributed by atoms with Crippen LogP contribution < -0.4 is 0 Å². The van der Waals surface area contributed by atoms with Crippen LogP contribution in [0.25, 0.3) is 0 Å². The van der Waals surface area contributed by atoms with Crippen LogP contribution >= 0.6 is 0 Å². The summed E-state index contributed by atoms with van der Waals surface area (Å²) in [6.07, 6.45) is -10.9. The molecule has 11 heteroatoms. The molecule has 2 heterocycles. The fraction of sp³-hybridized carbons (Fsp3) is 0.857. The number of carbonyl (C=O) groups is 1. The Morgan fingerprint density at radius 3 is 2.31 bits per heavy atom. The Morgan fingerprint density at radius 1 is 1.00 bits per heavy atom. The highest BCUT2D eigenvalue weighted by Gasteiger charge is 2.47. The summed E-state index contributed by atoms with van der Waals surface area (Å²) in [5, 5.41) is 60.0. The van der Waals surface area contributed by atoms with E-state index in [-0.39, 0.29) is 6.61 Å². The molecule has 3 aliphatic rings. The van der Waals surface area contributed by atoms with Gasteiger partial charge in [-0.2, -0.15) is 0 Å². The van der Waals surface area contributed by atoms with E-state index < -0.39 is 73.3 Å². The summed E-state index contributed by atoms with van der Waals surface area (Å²) in [4.78, 5) is 12.9. The minimum absolute atomic E-state index is 0.275. The first-order chi connectivity index (χ1) is 14.9. The zero-order valence-electron chi connectivity index (χ0n) is 18.5. The number of esters is 1. The number of allylic oxidation sites excluding steroid dienone is 1. The molecule has 0 aromatic rings. The zero-order valence-corrected chi connectivity index (χ0v) is 18.5. The lowest BCUT2D eigenvalue weighted by atomic mass is 9.73. The second-order valence-electron chi connectivity index (χ2n) is 9.40. The molecule has 3 rings (SSSR count). The first kappa shape index (κ1) is 25.5. The summed E-state index contributed by atoms with van der Waals surface area (Å²) in [5.74, 6) is -0.664. The molecule has 2 aliphatic heterocycles. The minimum atomic E-state index is -1.69. The average molecular weight is 462 g/mol. The van der Waals surface area contributed by atoms with Gasteiger partial charge in [0.05, 0.1) is 13.2 Å². The van der Waals surface area contributed by atoms with Crippen molar-refractivity contribution in [2.45, 2.75) is 95.3 Å². The summed E-state index contributed by atoms with van der Waals surface area (Å²) < 4.78 is 21.4. The van der Waals surface area contributed by atoms with Gasteiger partial charge in [0.25, 0.3) is 0 Å². The second-order valence-corrected chi connectivity index (χ2v) is 9.40. The molecule has 0 saturated carbocycles. The summed E-state index contributed by atoms with van der Waals surface area (Å²) in [7, 11) is 0. The SMILES string of the molecule is CC1=C(C(=O)O[C@H]2O[C@@H](CO[C@@H]3OC[C@@H](O)[C@H](O)[C@@H]3O)[C@H](O)[C@@H](O)[C@@H]2O)C(C)(C)CCC1. The van der Waals surface area contributed by atoms with Gasteiger partial charge in [0.1, 0.15) is 42.7 Å². The summed E-state index contributed by atoms with van der Waals surface area (Å²) in [6.45, 7) is 5.02. The highest BCUT2D eigenvalue weighted by molar-refractivity contribution is 5.91. The quantitative estimate of drug-likeness (QED) is 0.257. The average Bonchev–Trinajstić information content (AvgIpc) is 2.72. The van der Waals surface area contributed by atoms with Crippen molar-refractivity contribution in [2.75, 3.05) is 13.2 Å². The van der Waals surface area contributed by atoms with Gasteiger partial charge in [0, 0.05) is 5.57 Å². The van der Waals surface area contributed by atoms with Gasteiger partial charge >= 0.3 is 5.97 Å². The van der Waals surface area contributed by atoms with Gasteiger partial charge in [-0.15, -0.1) is 0 Å². The van der Waals surface area contributed by atoms with E-state index in [0.717, 1.165) is 24.8 Å². The molecule has 184 valence electrons. The topological polar surface area (TPSA) is 175 Å². The molecule has 0 amide bonds. The van der Waals surface area contributed by atoms with Crippen LogP contribution in [-0.2, 0) is 23.7 Å². The first-order valence-electron chi connectivity index (χ1n) is 10.8. The molecular weight excluding hydrogens is 428 g/mol. The maximum Gasteiger partial charge on any atom is 0.336 e. The Balaban J connectivity index is 1.66. The number of hydrogen-bond acceptors (Lipinski definition) is 11. The van der Waals surface area contributed by atoms with Crippen molar-refractivity contribution in [3.8, 4) is 0 Å². The van der Waals surface area contributed by atoms with E-state index in [1.807, 2.05) is 20.8 Å². The lowest BCUT2D eigenvalue weighted by Gasteiger charge is -2.41. The standard InChI is InChI=1S/C21H34O11/c1-9-5-4-6-21(2,3)12(9)18(28)32-20-17(27)15(25)14(24)11(31-20)8-30-19-16(26)13(23)10(22)7-29-19/h10-11,13-17,19-20,22-27H,4-8H2,1-3H3/t10-,11+,13+,14+,15-,16+,17+,19+,20-/m1/s1. The molecule has 1 aliphatic carbocycles. The number of aliphatic hydroxyl groups excluding tert-OH is 6. The summed E-state index contributed by atoms with van der Waals surface area (Å²) in [6, 6.07) is 0. The van der Waals surface area contributed by atoms with Crippen LogP contribution in [-0.4, -0.2) is 105 Å².